The van der Waals surface area contributed by atoms with Crippen LogP contribution in [0.4, 0.5) is 0 Å². The molecule has 8 N–H and O–H groups in total. The Morgan fingerprint density at radius 3 is 0.923 bits per heavy atom. The number of hydrogen-bond acceptors (Lipinski definition) is 6. The fourth-order valence-electron chi connectivity index (χ4n) is 0. The fraction of sp³-hybridized carbons (Fsp3) is 0. The zero-order valence-corrected chi connectivity index (χ0v) is 6.72. The third-order valence-corrected chi connectivity index (χ3v) is 0. The van der Waals surface area contributed by atoms with Crippen LogP contribution in [0, 0.1) is 0 Å². The Kier molecular flexibility index (Phi) is 27.7. The maximum absolute atomic E-state index is 8.74. The molecule has 0 rings (SSSR count). The van der Waals surface area contributed by atoms with Gasteiger partial charge in [0.15, 0.2) is 0 Å². The molecule has 0 aromatic heterocycles. The van der Waals surface area contributed by atoms with Crippen molar-refractivity contribution in [2.75, 3.05) is 0 Å². The molecule has 0 heterocycles. The van der Waals surface area contributed by atoms with Crippen molar-refractivity contribution in [2.24, 2.45) is 0 Å². The van der Waals surface area contributed by atoms with E-state index in [0.29, 0.717) is 0 Å². The molecule has 0 aliphatic rings. The van der Waals surface area contributed by atoms with Gasteiger partial charge in [-0.15, -0.1) is 0 Å². The predicted molar refractivity (Wildman–Crippen MR) is 48.1 cm³/mol. The zero-order chi connectivity index (χ0) is 9.00. The van der Waals surface area contributed by atoms with E-state index in [1.807, 2.05) is 0 Å². The van der Waals surface area contributed by atoms with Crippen molar-refractivity contribution in [3.05, 3.63) is 0 Å². The standard InChI is InChI=1S/Ca.Na.H2O4S.H4O4Si.H2O.3H/c;;2*1-5(2,3)4;;;;/h;;(H2,1,2,3,4);1-4H;1H2;;;. The van der Waals surface area contributed by atoms with Crippen molar-refractivity contribution >= 4 is 86.7 Å². The zero-order valence-electron chi connectivity index (χ0n) is 4.91. The van der Waals surface area contributed by atoms with E-state index >= 15 is 0 Å². The maximum atomic E-state index is 8.74. The van der Waals surface area contributed by atoms with Crippen molar-refractivity contribution in [2.45, 2.75) is 0 Å². The van der Waals surface area contributed by atoms with Crippen LogP contribution in [0.2, 0.25) is 0 Å². The molecule has 78 valence electrons. The predicted octanol–water partition coefficient (Wildman–Crippen LogP) is -5.65. The summed E-state index contributed by atoms with van der Waals surface area (Å²) in [4.78, 5) is 29.3. The average Bonchev–Trinajstić information content (AvgIpc) is 1.12. The first-order valence-corrected chi connectivity index (χ1v) is 4.78. The molecule has 0 radical (unpaired) electrons. The van der Waals surface area contributed by atoms with Crippen molar-refractivity contribution in [3.8, 4) is 0 Å². The van der Waals surface area contributed by atoms with E-state index in [-0.39, 0.29) is 72.8 Å². The molecule has 13 heteroatoms. The molecule has 0 bridgehead atoms. The summed E-state index contributed by atoms with van der Waals surface area (Å²) < 4.78 is 31.6. The molecule has 0 aliphatic carbocycles. The molecule has 13 heavy (non-hydrogen) atoms. The van der Waals surface area contributed by atoms with E-state index in [1.54, 1.807) is 0 Å². The Bertz CT molecular complexity index is 155. The first-order valence-electron chi connectivity index (χ1n) is 1.59. The third-order valence-electron chi connectivity index (χ3n) is 0. The van der Waals surface area contributed by atoms with Crippen LogP contribution >= 0.6 is 0 Å². The van der Waals surface area contributed by atoms with Gasteiger partial charge < -0.3 is 24.7 Å². The van der Waals surface area contributed by atoms with Crippen molar-refractivity contribution < 1.29 is 42.2 Å². The third kappa shape index (κ3) is 453. The molecule has 0 unspecified atom stereocenters. The molecule has 0 spiro atoms. The van der Waals surface area contributed by atoms with Gasteiger partial charge in [-0.1, -0.05) is 0 Å². The van der Waals surface area contributed by atoms with Crippen LogP contribution in [0.25, 0.3) is 0 Å². The number of rotatable bonds is 0. The second-order valence-corrected chi connectivity index (χ2v) is 3.14. The monoisotopic (exact) mass is 278 g/mol. The Labute approximate surface area is 127 Å². The summed E-state index contributed by atoms with van der Waals surface area (Å²) in [7, 11) is -9.28. The van der Waals surface area contributed by atoms with Gasteiger partial charge in [-0.2, -0.15) is 8.42 Å². The summed E-state index contributed by atoms with van der Waals surface area (Å²) >= 11 is 0. The van der Waals surface area contributed by atoms with Crippen LogP contribution in [0.5, 0.6) is 0 Å². The van der Waals surface area contributed by atoms with Gasteiger partial charge in [-0.05, 0) is 0 Å². The van der Waals surface area contributed by atoms with E-state index < -0.39 is 19.4 Å². The van der Waals surface area contributed by atoms with E-state index in [0.717, 1.165) is 0 Å². The van der Waals surface area contributed by atoms with Crippen molar-refractivity contribution in [3.63, 3.8) is 0 Å². The summed E-state index contributed by atoms with van der Waals surface area (Å²) in [6, 6.07) is 0. The fourth-order valence-corrected chi connectivity index (χ4v) is 0. The molecular formula is H11CaNaO9SSi. The van der Waals surface area contributed by atoms with Crippen molar-refractivity contribution in [1.82, 2.24) is 0 Å². The Hall–Kier alpha value is 2.15. The normalized spacial score (nSPS) is 9.08. The Morgan fingerprint density at radius 2 is 0.923 bits per heavy atom. The Morgan fingerprint density at radius 1 is 0.923 bits per heavy atom. The van der Waals surface area contributed by atoms with Crippen LogP contribution in [-0.4, -0.2) is 119 Å². The number of hydrogen-bond donors (Lipinski definition) is 6. The molecule has 0 saturated carbocycles. The van der Waals surface area contributed by atoms with E-state index in [9.17, 15) is 0 Å². The quantitative estimate of drug-likeness (QED) is 0.187. The molecule has 0 atom stereocenters. The van der Waals surface area contributed by atoms with Gasteiger partial charge in [0.1, 0.15) is 0 Å². The van der Waals surface area contributed by atoms with Crippen LogP contribution in [0.3, 0.4) is 0 Å². The van der Waals surface area contributed by atoms with Gasteiger partial charge in [0, 0.05) is 0 Å². The first-order chi connectivity index (χ1) is 4.00. The van der Waals surface area contributed by atoms with Gasteiger partial charge in [-0.3, -0.25) is 9.11 Å². The molecular weight excluding hydrogens is 267 g/mol. The molecule has 0 saturated heterocycles. The minimum absolute atomic E-state index is 0. The summed E-state index contributed by atoms with van der Waals surface area (Å²) in [6.45, 7) is 0. The molecule has 0 aromatic rings. The summed E-state index contributed by atoms with van der Waals surface area (Å²) in [5, 5.41) is 0. The molecule has 0 amide bonds. The van der Waals surface area contributed by atoms with Crippen molar-refractivity contribution in [1.29, 1.82) is 0 Å². The first kappa shape index (κ1) is 29.4. The van der Waals surface area contributed by atoms with Crippen LogP contribution in [0.1, 0.15) is 0 Å². The topological polar surface area (TPSA) is 187 Å². The van der Waals surface area contributed by atoms with Crippen LogP contribution in [0.15, 0.2) is 0 Å². The summed E-state index contributed by atoms with van der Waals surface area (Å²) in [5.74, 6) is 0. The molecule has 0 aliphatic heterocycles. The summed E-state index contributed by atoms with van der Waals surface area (Å²) in [5.41, 5.74) is 0. The molecule has 9 nitrogen and oxygen atoms in total. The minimum atomic E-state index is -4.67. The van der Waals surface area contributed by atoms with Gasteiger partial charge in [0.25, 0.3) is 0 Å². The average molecular weight is 278 g/mol. The van der Waals surface area contributed by atoms with E-state index in [4.69, 9.17) is 36.7 Å². The van der Waals surface area contributed by atoms with Crippen LogP contribution in [-0.2, 0) is 10.4 Å². The second kappa shape index (κ2) is 12.2. The van der Waals surface area contributed by atoms with Crippen LogP contribution < -0.4 is 0 Å². The van der Waals surface area contributed by atoms with Gasteiger partial charge in [0.05, 0.1) is 0 Å². The SMILES string of the molecule is O.O=S(=O)(O)O.O[Si](O)(O)O.[CaH2].[NaH]. The van der Waals surface area contributed by atoms with Gasteiger partial charge >= 0.3 is 86.7 Å². The molecule has 0 fully saturated rings. The second-order valence-electron chi connectivity index (χ2n) is 1.05. The van der Waals surface area contributed by atoms with E-state index in [1.165, 1.54) is 0 Å². The van der Waals surface area contributed by atoms with Gasteiger partial charge in [-0.25, -0.2) is 0 Å². The van der Waals surface area contributed by atoms with Gasteiger partial charge in [0.2, 0.25) is 0 Å². The summed E-state index contributed by atoms with van der Waals surface area (Å²) in [6.07, 6.45) is 0. The molecule has 0 aromatic carbocycles. The Balaban J connectivity index is -0.0000000267. The van der Waals surface area contributed by atoms with E-state index in [2.05, 4.69) is 0 Å².